The van der Waals surface area contributed by atoms with Crippen LogP contribution >= 0.6 is 11.6 Å². The summed E-state index contributed by atoms with van der Waals surface area (Å²) in [5.74, 6) is -0.915. The molecule has 130 valence electrons. The monoisotopic (exact) mass is 342 g/mol. The van der Waals surface area contributed by atoms with Crippen LogP contribution in [0.25, 0.3) is 0 Å². The second-order valence-electron chi connectivity index (χ2n) is 5.54. The molecule has 0 bridgehead atoms. The molecule has 0 aliphatic rings. The third-order valence-corrected chi connectivity index (χ3v) is 3.82. The molecule has 5 heteroatoms. The molecular weight excluding hydrogens is 316 g/mol. The molecule has 0 saturated heterocycles. The van der Waals surface area contributed by atoms with Crippen LogP contribution in [0.5, 0.6) is 0 Å². The molecule has 1 aromatic rings. The van der Waals surface area contributed by atoms with Crippen LogP contribution in [0.4, 0.5) is 0 Å². The molecule has 0 fully saturated rings. The zero-order valence-corrected chi connectivity index (χ0v) is 14.6. The maximum Gasteiger partial charge on any atom is 0.332 e. The van der Waals surface area contributed by atoms with Gasteiger partial charge in [0.1, 0.15) is 0 Å². The SMILES string of the molecule is CCCCCCOC(CCOCCc1ccc(Cl)cc1)C(=O)O. The molecule has 0 aliphatic carbocycles. The van der Waals surface area contributed by atoms with Gasteiger partial charge >= 0.3 is 5.97 Å². The molecule has 1 rings (SSSR count). The zero-order valence-electron chi connectivity index (χ0n) is 13.8. The van der Waals surface area contributed by atoms with Crippen molar-refractivity contribution in [3.63, 3.8) is 0 Å². The number of ether oxygens (including phenoxy) is 2. The van der Waals surface area contributed by atoms with E-state index in [2.05, 4.69) is 6.92 Å². The fraction of sp³-hybridized carbons (Fsp3) is 0.611. The number of rotatable bonds is 13. The molecule has 0 aromatic heterocycles. The Labute approximate surface area is 143 Å². The zero-order chi connectivity index (χ0) is 16.9. The van der Waals surface area contributed by atoms with E-state index in [1.165, 1.54) is 0 Å². The van der Waals surface area contributed by atoms with Crippen molar-refractivity contribution in [3.05, 3.63) is 34.9 Å². The number of carbonyl (C=O) groups is 1. The van der Waals surface area contributed by atoms with E-state index in [0.717, 1.165) is 42.7 Å². The van der Waals surface area contributed by atoms with E-state index >= 15 is 0 Å². The molecule has 0 heterocycles. The van der Waals surface area contributed by atoms with Gasteiger partial charge in [-0.1, -0.05) is 49.9 Å². The van der Waals surface area contributed by atoms with Crippen molar-refractivity contribution in [1.82, 2.24) is 0 Å². The Kier molecular flexibility index (Phi) is 10.7. The number of carboxylic acids is 1. The minimum absolute atomic E-state index is 0.379. The summed E-state index contributed by atoms with van der Waals surface area (Å²) in [6.07, 6.45) is 4.71. The van der Waals surface area contributed by atoms with Crippen LogP contribution in [-0.4, -0.2) is 37.0 Å². The summed E-state index contributed by atoms with van der Waals surface area (Å²) >= 11 is 5.83. The van der Waals surface area contributed by atoms with Crippen LogP contribution in [0.1, 0.15) is 44.6 Å². The largest absolute Gasteiger partial charge is 0.479 e. The average molecular weight is 343 g/mol. The first-order valence-electron chi connectivity index (χ1n) is 8.30. The first kappa shape index (κ1) is 19.9. The molecule has 1 atom stereocenters. The van der Waals surface area contributed by atoms with Gasteiger partial charge in [-0.2, -0.15) is 0 Å². The van der Waals surface area contributed by atoms with Gasteiger partial charge < -0.3 is 14.6 Å². The summed E-state index contributed by atoms with van der Waals surface area (Å²) in [5, 5.41) is 9.86. The summed E-state index contributed by atoms with van der Waals surface area (Å²) in [5.41, 5.74) is 1.15. The lowest BCUT2D eigenvalue weighted by molar-refractivity contribution is -0.151. The number of unbranched alkanes of at least 4 members (excludes halogenated alkanes) is 3. The normalized spacial score (nSPS) is 12.3. The predicted octanol–water partition coefficient (Wildman–Crippen LogP) is 4.34. The molecule has 4 nitrogen and oxygen atoms in total. The fourth-order valence-corrected chi connectivity index (χ4v) is 2.29. The molecule has 0 aliphatic heterocycles. The number of aliphatic carboxylic acids is 1. The summed E-state index contributed by atoms with van der Waals surface area (Å²) in [4.78, 5) is 11.1. The molecule has 0 spiro atoms. The Morgan fingerprint density at radius 1 is 1.13 bits per heavy atom. The molecule has 23 heavy (non-hydrogen) atoms. The lowest BCUT2D eigenvalue weighted by atomic mass is 10.2. The standard InChI is InChI=1S/C18H27ClO4/c1-2-3-4-5-12-23-17(18(20)21)11-14-22-13-10-15-6-8-16(19)9-7-15/h6-9,17H,2-5,10-14H2,1H3,(H,20,21). The van der Waals surface area contributed by atoms with Crippen molar-refractivity contribution in [2.75, 3.05) is 19.8 Å². The first-order chi connectivity index (χ1) is 11.1. The van der Waals surface area contributed by atoms with Crippen molar-refractivity contribution in [1.29, 1.82) is 0 Å². The lowest BCUT2D eigenvalue weighted by Gasteiger charge is -2.13. The van der Waals surface area contributed by atoms with E-state index in [1.807, 2.05) is 24.3 Å². The van der Waals surface area contributed by atoms with Crippen LogP contribution in [0.3, 0.4) is 0 Å². The van der Waals surface area contributed by atoms with E-state index in [9.17, 15) is 4.79 Å². The van der Waals surface area contributed by atoms with Gasteiger partial charge in [0.15, 0.2) is 6.10 Å². The van der Waals surface area contributed by atoms with Crippen LogP contribution in [0.2, 0.25) is 5.02 Å². The van der Waals surface area contributed by atoms with E-state index < -0.39 is 12.1 Å². The topological polar surface area (TPSA) is 55.8 Å². The molecule has 1 N–H and O–H groups in total. The van der Waals surface area contributed by atoms with Gasteiger partial charge in [0.05, 0.1) is 6.61 Å². The molecular formula is C18H27ClO4. The van der Waals surface area contributed by atoms with Crippen LogP contribution in [-0.2, 0) is 20.7 Å². The molecule has 0 amide bonds. The summed E-state index contributed by atoms with van der Waals surface area (Å²) in [7, 11) is 0. The summed E-state index contributed by atoms with van der Waals surface area (Å²) < 4.78 is 11.0. The Morgan fingerprint density at radius 2 is 1.87 bits per heavy atom. The number of carboxylic acid groups (broad SMARTS) is 1. The second kappa shape index (κ2) is 12.3. The minimum atomic E-state index is -0.915. The highest BCUT2D eigenvalue weighted by Crippen LogP contribution is 2.10. The minimum Gasteiger partial charge on any atom is -0.479 e. The van der Waals surface area contributed by atoms with E-state index in [0.29, 0.717) is 26.2 Å². The number of hydrogen-bond acceptors (Lipinski definition) is 3. The molecule has 1 aromatic carbocycles. The number of benzene rings is 1. The maximum atomic E-state index is 11.1. The van der Waals surface area contributed by atoms with Crippen molar-refractivity contribution in [2.45, 2.75) is 51.6 Å². The third kappa shape index (κ3) is 9.59. The Balaban J connectivity index is 2.12. The highest BCUT2D eigenvalue weighted by molar-refractivity contribution is 6.30. The fourth-order valence-electron chi connectivity index (χ4n) is 2.17. The van der Waals surface area contributed by atoms with Gasteiger partial charge in [-0.25, -0.2) is 4.79 Å². The van der Waals surface area contributed by atoms with Gasteiger partial charge in [-0.3, -0.25) is 0 Å². The van der Waals surface area contributed by atoms with E-state index in [-0.39, 0.29) is 0 Å². The lowest BCUT2D eigenvalue weighted by Crippen LogP contribution is -2.26. The quantitative estimate of drug-likeness (QED) is 0.542. The predicted molar refractivity (Wildman–Crippen MR) is 92.1 cm³/mol. The highest BCUT2D eigenvalue weighted by Gasteiger charge is 2.17. The third-order valence-electron chi connectivity index (χ3n) is 3.57. The van der Waals surface area contributed by atoms with Crippen LogP contribution in [0.15, 0.2) is 24.3 Å². The Bertz CT molecular complexity index is 433. The van der Waals surface area contributed by atoms with E-state index in [4.69, 9.17) is 26.2 Å². The van der Waals surface area contributed by atoms with Gasteiger partial charge in [0.2, 0.25) is 0 Å². The van der Waals surface area contributed by atoms with Gasteiger partial charge in [0.25, 0.3) is 0 Å². The molecule has 0 saturated carbocycles. The van der Waals surface area contributed by atoms with Crippen molar-refractivity contribution in [3.8, 4) is 0 Å². The summed E-state index contributed by atoms with van der Waals surface area (Å²) in [6, 6.07) is 7.63. The maximum absolute atomic E-state index is 11.1. The van der Waals surface area contributed by atoms with Gasteiger partial charge in [0, 0.05) is 24.7 Å². The van der Waals surface area contributed by atoms with Crippen molar-refractivity contribution < 1.29 is 19.4 Å². The Morgan fingerprint density at radius 3 is 2.52 bits per heavy atom. The van der Waals surface area contributed by atoms with Gasteiger partial charge in [-0.05, 0) is 30.5 Å². The summed E-state index contributed by atoms with van der Waals surface area (Å²) in [6.45, 7) is 3.59. The smallest absolute Gasteiger partial charge is 0.332 e. The molecule has 0 radical (unpaired) electrons. The second-order valence-corrected chi connectivity index (χ2v) is 5.97. The highest BCUT2D eigenvalue weighted by atomic mass is 35.5. The van der Waals surface area contributed by atoms with Crippen LogP contribution in [0, 0.1) is 0 Å². The van der Waals surface area contributed by atoms with E-state index in [1.54, 1.807) is 0 Å². The number of hydrogen-bond donors (Lipinski definition) is 1. The van der Waals surface area contributed by atoms with Crippen molar-refractivity contribution >= 4 is 17.6 Å². The van der Waals surface area contributed by atoms with Gasteiger partial charge in [-0.15, -0.1) is 0 Å². The molecule has 1 unspecified atom stereocenters. The number of halogens is 1. The Hall–Kier alpha value is -1.10. The average Bonchev–Trinajstić information content (AvgIpc) is 2.54. The first-order valence-corrected chi connectivity index (χ1v) is 8.68. The van der Waals surface area contributed by atoms with Crippen LogP contribution < -0.4 is 0 Å². The van der Waals surface area contributed by atoms with Crippen molar-refractivity contribution in [2.24, 2.45) is 0 Å².